The van der Waals surface area contributed by atoms with Gasteiger partial charge in [0.25, 0.3) is 0 Å². The second-order valence-electron chi connectivity index (χ2n) is 4.73. The van der Waals surface area contributed by atoms with Crippen LogP contribution in [0.5, 0.6) is 0 Å². The van der Waals surface area contributed by atoms with Gasteiger partial charge in [-0.25, -0.2) is 9.97 Å². The number of hydrogen-bond acceptors (Lipinski definition) is 5. The monoisotopic (exact) mass is 236 g/mol. The highest BCUT2D eigenvalue weighted by Crippen LogP contribution is 2.30. The number of anilines is 2. The maximum Gasteiger partial charge on any atom is 0.134 e. The van der Waals surface area contributed by atoms with Crippen molar-refractivity contribution in [3.05, 3.63) is 11.9 Å². The van der Waals surface area contributed by atoms with Crippen molar-refractivity contribution >= 4 is 11.6 Å². The average molecular weight is 236 g/mol. The molecule has 0 unspecified atom stereocenters. The van der Waals surface area contributed by atoms with Crippen molar-refractivity contribution in [2.45, 2.75) is 38.2 Å². The predicted octanol–water partition coefficient (Wildman–Crippen LogP) is 1.54. The third-order valence-corrected chi connectivity index (χ3v) is 3.44. The summed E-state index contributed by atoms with van der Waals surface area (Å²) in [6.07, 6.45) is 5.51. The molecule has 0 aromatic carbocycles. The first kappa shape index (κ1) is 12.1. The molecule has 5 nitrogen and oxygen atoms in total. The van der Waals surface area contributed by atoms with Crippen molar-refractivity contribution in [1.82, 2.24) is 9.97 Å². The molecule has 1 saturated carbocycles. The minimum atomic E-state index is -0.558. The Morgan fingerprint density at radius 1 is 1.29 bits per heavy atom. The summed E-state index contributed by atoms with van der Waals surface area (Å²) in [6, 6.07) is 0. The van der Waals surface area contributed by atoms with Gasteiger partial charge in [0.15, 0.2) is 0 Å². The predicted molar refractivity (Wildman–Crippen MR) is 68.2 cm³/mol. The molecule has 0 aliphatic heterocycles. The van der Waals surface area contributed by atoms with Crippen LogP contribution in [0.4, 0.5) is 11.6 Å². The molecule has 2 rings (SSSR count). The molecule has 0 amide bonds. The molecule has 0 atom stereocenters. The van der Waals surface area contributed by atoms with Gasteiger partial charge in [-0.1, -0.05) is 12.8 Å². The standard InChI is InChI=1S/C12H20N4O/c1-9-10(13-2)15-8-16-11(9)14-7-12(17)5-3-4-6-12/h8,17H,3-7H2,1-2H3,(H2,13,14,15,16). The number of nitrogens with zero attached hydrogens (tertiary/aromatic N) is 2. The number of nitrogens with one attached hydrogen (secondary N) is 2. The number of aliphatic hydroxyl groups is 1. The summed E-state index contributed by atoms with van der Waals surface area (Å²) in [5, 5.41) is 16.5. The normalized spacial score (nSPS) is 18.1. The van der Waals surface area contributed by atoms with Gasteiger partial charge >= 0.3 is 0 Å². The van der Waals surface area contributed by atoms with Crippen molar-refractivity contribution < 1.29 is 5.11 Å². The van der Waals surface area contributed by atoms with Crippen LogP contribution in [0.2, 0.25) is 0 Å². The van der Waals surface area contributed by atoms with Crippen LogP contribution in [0.3, 0.4) is 0 Å². The smallest absolute Gasteiger partial charge is 0.134 e. The van der Waals surface area contributed by atoms with E-state index in [-0.39, 0.29) is 0 Å². The van der Waals surface area contributed by atoms with Crippen molar-refractivity contribution in [3.63, 3.8) is 0 Å². The van der Waals surface area contributed by atoms with E-state index in [9.17, 15) is 5.11 Å². The minimum absolute atomic E-state index is 0.558. The second kappa shape index (κ2) is 4.87. The summed E-state index contributed by atoms with van der Waals surface area (Å²) in [5.74, 6) is 1.62. The number of rotatable bonds is 4. The van der Waals surface area contributed by atoms with Crippen LogP contribution in [0.1, 0.15) is 31.2 Å². The lowest BCUT2D eigenvalue weighted by molar-refractivity contribution is 0.0614. The Labute approximate surface area is 102 Å². The van der Waals surface area contributed by atoms with Crippen molar-refractivity contribution in [1.29, 1.82) is 0 Å². The number of aromatic nitrogens is 2. The topological polar surface area (TPSA) is 70.1 Å². The molecule has 1 aromatic heterocycles. The molecule has 94 valence electrons. The molecule has 17 heavy (non-hydrogen) atoms. The Bertz CT molecular complexity index is 388. The molecule has 5 heteroatoms. The fourth-order valence-electron chi connectivity index (χ4n) is 2.34. The van der Waals surface area contributed by atoms with Crippen LogP contribution in [-0.4, -0.2) is 34.3 Å². The molecular formula is C12H20N4O. The summed E-state index contributed by atoms with van der Waals surface area (Å²) in [7, 11) is 1.84. The third-order valence-electron chi connectivity index (χ3n) is 3.44. The van der Waals surface area contributed by atoms with Crippen LogP contribution >= 0.6 is 0 Å². The van der Waals surface area contributed by atoms with Gasteiger partial charge in [-0.3, -0.25) is 0 Å². The molecule has 0 saturated heterocycles. The molecule has 1 aliphatic carbocycles. The van der Waals surface area contributed by atoms with E-state index in [1.54, 1.807) is 0 Å². The minimum Gasteiger partial charge on any atom is -0.388 e. The summed E-state index contributed by atoms with van der Waals surface area (Å²) >= 11 is 0. The molecule has 3 N–H and O–H groups in total. The molecule has 0 bridgehead atoms. The number of hydrogen-bond donors (Lipinski definition) is 3. The Balaban J connectivity index is 2.03. The maximum atomic E-state index is 10.2. The molecule has 1 aromatic rings. The zero-order valence-electron chi connectivity index (χ0n) is 10.5. The van der Waals surface area contributed by atoms with Crippen molar-refractivity contribution in [2.24, 2.45) is 0 Å². The van der Waals surface area contributed by atoms with Crippen molar-refractivity contribution in [3.8, 4) is 0 Å². The molecule has 0 spiro atoms. The van der Waals surface area contributed by atoms with Crippen LogP contribution in [-0.2, 0) is 0 Å². The fraction of sp³-hybridized carbons (Fsp3) is 0.667. The highest BCUT2D eigenvalue weighted by atomic mass is 16.3. The summed E-state index contributed by atoms with van der Waals surface area (Å²) in [4.78, 5) is 8.34. The molecule has 1 aliphatic rings. The molecule has 0 radical (unpaired) electrons. The van der Waals surface area contributed by atoms with Gasteiger partial charge in [-0.05, 0) is 19.8 Å². The van der Waals surface area contributed by atoms with Crippen LogP contribution < -0.4 is 10.6 Å². The van der Waals surface area contributed by atoms with Gasteiger partial charge in [0.2, 0.25) is 0 Å². The van der Waals surface area contributed by atoms with Gasteiger partial charge in [-0.15, -0.1) is 0 Å². The van der Waals surface area contributed by atoms with E-state index < -0.39 is 5.60 Å². The largest absolute Gasteiger partial charge is 0.388 e. The van der Waals surface area contributed by atoms with Gasteiger partial charge < -0.3 is 15.7 Å². The van der Waals surface area contributed by atoms with E-state index >= 15 is 0 Å². The van der Waals surface area contributed by atoms with Gasteiger partial charge in [0.05, 0.1) is 5.60 Å². The van der Waals surface area contributed by atoms with E-state index in [0.717, 1.165) is 42.9 Å². The highest BCUT2D eigenvalue weighted by Gasteiger charge is 2.30. The summed E-state index contributed by atoms with van der Waals surface area (Å²) in [6.45, 7) is 2.53. The van der Waals surface area contributed by atoms with E-state index in [0.29, 0.717) is 6.54 Å². The Morgan fingerprint density at radius 3 is 2.59 bits per heavy atom. The van der Waals surface area contributed by atoms with Gasteiger partial charge in [0, 0.05) is 19.2 Å². The van der Waals surface area contributed by atoms with E-state index in [1.165, 1.54) is 6.33 Å². The highest BCUT2D eigenvalue weighted by molar-refractivity contribution is 5.56. The lowest BCUT2D eigenvalue weighted by Gasteiger charge is -2.23. The van der Waals surface area contributed by atoms with Crippen molar-refractivity contribution in [2.75, 3.05) is 24.2 Å². The Kier molecular flexibility index (Phi) is 3.47. The summed E-state index contributed by atoms with van der Waals surface area (Å²) < 4.78 is 0. The van der Waals surface area contributed by atoms with Crippen LogP contribution in [0.25, 0.3) is 0 Å². The zero-order valence-corrected chi connectivity index (χ0v) is 10.5. The molecule has 1 heterocycles. The SMILES string of the molecule is CNc1ncnc(NCC2(O)CCCC2)c1C. The first-order valence-electron chi connectivity index (χ1n) is 6.10. The Hall–Kier alpha value is -1.36. The second-order valence-corrected chi connectivity index (χ2v) is 4.73. The lowest BCUT2D eigenvalue weighted by atomic mass is 10.0. The average Bonchev–Trinajstić information content (AvgIpc) is 2.75. The van der Waals surface area contributed by atoms with E-state index in [1.807, 2.05) is 14.0 Å². The van der Waals surface area contributed by atoms with Gasteiger partial charge in [0.1, 0.15) is 18.0 Å². The van der Waals surface area contributed by atoms with Gasteiger partial charge in [-0.2, -0.15) is 0 Å². The maximum absolute atomic E-state index is 10.2. The summed E-state index contributed by atoms with van der Waals surface area (Å²) in [5.41, 5.74) is 0.425. The first-order chi connectivity index (χ1) is 8.14. The first-order valence-corrected chi connectivity index (χ1v) is 6.10. The van der Waals surface area contributed by atoms with Crippen LogP contribution in [0, 0.1) is 6.92 Å². The van der Waals surface area contributed by atoms with Crippen LogP contribution in [0.15, 0.2) is 6.33 Å². The lowest BCUT2D eigenvalue weighted by Crippen LogP contribution is -2.33. The van der Waals surface area contributed by atoms with E-state index in [2.05, 4.69) is 20.6 Å². The molecular weight excluding hydrogens is 216 g/mol. The third kappa shape index (κ3) is 2.66. The molecule has 1 fully saturated rings. The van der Waals surface area contributed by atoms with E-state index in [4.69, 9.17) is 0 Å². The fourth-order valence-corrected chi connectivity index (χ4v) is 2.34. The Morgan fingerprint density at radius 2 is 1.94 bits per heavy atom. The zero-order chi connectivity index (χ0) is 12.3. The quantitative estimate of drug-likeness (QED) is 0.740.